The molecule has 0 radical (unpaired) electrons. The van der Waals surface area contributed by atoms with Crippen LogP contribution < -0.4 is 4.74 Å². The highest BCUT2D eigenvalue weighted by Crippen LogP contribution is 2.37. The van der Waals surface area contributed by atoms with Crippen LogP contribution in [0.4, 0.5) is 0 Å². The molecule has 0 aliphatic carbocycles. The SMILES string of the molecule is COc1ccccc1[C@@H]1CN(C(=O)Cc2ccc(CO)cc2)C[C@H]1C(=O)O. The highest BCUT2D eigenvalue weighted by atomic mass is 16.5. The topological polar surface area (TPSA) is 87.1 Å². The van der Waals surface area contributed by atoms with Crippen LogP contribution in [0.3, 0.4) is 0 Å². The molecular formula is C21H23NO5. The number of carbonyl (C=O) groups is 2. The average molecular weight is 369 g/mol. The lowest BCUT2D eigenvalue weighted by molar-refractivity contribution is -0.141. The quantitative estimate of drug-likeness (QED) is 0.814. The van der Waals surface area contributed by atoms with Crippen molar-refractivity contribution in [1.29, 1.82) is 0 Å². The van der Waals surface area contributed by atoms with Gasteiger partial charge >= 0.3 is 5.97 Å². The third kappa shape index (κ3) is 4.11. The molecule has 0 spiro atoms. The lowest BCUT2D eigenvalue weighted by Crippen LogP contribution is -2.31. The van der Waals surface area contributed by atoms with Gasteiger partial charge in [0.25, 0.3) is 0 Å². The number of carboxylic acid groups (broad SMARTS) is 1. The average Bonchev–Trinajstić information content (AvgIpc) is 3.14. The van der Waals surface area contributed by atoms with Crippen LogP contribution in [0.2, 0.25) is 0 Å². The van der Waals surface area contributed by atoms with E-state index in [-0.39, 0.29) is 31.4 Å². The number of ether oxygens (including phenoxy) is 1. The summed E-state index contributed by atoms with van der Waals surface area (Å²) in [4.78, 5) is 26.1. The Kier molecular flexibility index (Phi) is 5.76. The zero-order chi connectivity index (χ0) is 19.4. The maximum atomic E-state index is 12.7. The molecule has 0 bridgehead atoms. The second kappa shape index (κ2) is 8.22. The molecule has 0 aromatic heterocycles. The van der Waals surface area contributed by atoms with Crippen molar-refractivity contribution in [3.05, 3.63) is 65.2 Å². The summed E-state index contributed by atoms with van der Waals surface area (Å²) in [6.45, 7) is 0.498. The summed E-state index contributed by atoms with van der Waals surface area (Å²) in [5.74, 6) is -1.34. The first-order valence-corrected chi connectivity index (χ1v) is 8.85. The van der Waals surface area contributed by atoms with Crippen LogP contribution >= 0.6 is 0 Å². The number of hydrogen-bond donors (Lipinski definition) is 2. The third-order valence-corrected chi connectivity index (χ3v) is 5.09. The van der Waals surface area contributed by atoms with Crippen molar-refractivity contribution in [2.45, 2.75) is 18.9 Å². The summed E-state index contributed by atoms with van der Waals surface area (Å²) in [5.41, 5.74) is 2.44. The minimum Gasteiger partial charge on any atom is -0.496 e. The van der Waals surface area contributed by atoms with Gasteiger partial charge in [-0.3, -0.25) is 9.59 Å². The van der Waals surface area contributed by atoms with E-state index in [0.29, 0.717) is 12.3 Å². The van der Waals surface area contributed by atoms with Gasteiger partial charge in [-0.2, -0.15) is 0 Å². The number of nitrogens with zero attached hydrogens (tertiary/aromatic N) is 1. The zero-order valence-corrected chi connectivity index (χ0v) is 15.2. The van der Waals surface area contributed by atoms with Crippen molar-refractivity contribution >= 4 is 11.9 Å². The third-order valence-electron chi connectivity index (χ3n) is 5.09. The normalized spacial score (nSPS) is 19.1. The van der Waals surface area contributed by atoms with Gasteiger partial charge in [0.05, 0.1) is 26.1 Å². The molecule has 1 amide bonds. The first kappa shape index (κ1) is 18.9. The van der Waals surface area contributed by atoms with Gasteiger partial charge in [0.15, 0.2) is 0 Å². The number of carbonyl (C=O) groups excluding carboxylic acids is 1. The molecule has 1 heterocycles. The van der Waals surface area contributed by atoms with E-state index in [1.54, 1.807) is 30.2 Å². The Labute approximate surface area is 158 Å². The van der Waals surface area contributed by atoms with E-state index in [2.05, 4.69) is 0 Å². The monoisotopic (exact) mass is 369 g/mol. The van der Waals surface area contributed by atoms with Crippen LogP contribution in [0.1, 0.15) is 22.6 Å². The van der Waals surface area contributed by atoms with E-state index in [0.717, 1.165) is 16.7 Å². The minimum absolute atomic E-state index is 0.0404. The Morgan fingerprint density at radius 1 is 1.07 bits per heavy atom. The van der Waals surface area contributed by atoms with Crippen LogP contribution in [-0.4, -0.2) is 47.2 Å². The fourth-order valence-electron chi connectivity index (χ4n) is 3.59. The predicted octanol–water partition coefficient (Wildman–Crippen LogP) is 2.06. The van der Waals surface area contributed by atoms with Gasteiger partial charge in [0.2, 0.25) is 5.91 Å². The maximum absolute atomic E-state index is 12.7. The van der Waals surface area contributed by atoms with Gasteiger partial charge in [-0.25, -0.2) is 0 Å². The molecule has 1 aliphatic heterocycles. The summed E-state index contributed by atoms with van der Waals surface area (Å²) in [7, 11) is 1.56. The summed E-state index contributed by atoms with van der Waals surface area (Å²) in [5, 5.41) is 18.8. The fourth-order valence-corrected chi connectivity index (χ4v) is 3.59. The molecule has 1 aliphatic rings. The van der Waals surface area contributed by atoms with Crippen molar-refractivity contribution in [2.75, 3.05) is 20.2 Å². The molecule has 6 heteroatoms. The minimum atomic E-state index is -0.909. The maximum Gasteiger partial charge on any atom is 0.308 e. The van der Waals surface area contributed by atoms with E-state index < -0.39 is 11.9 Å². The van der Waals surface area contributed by atoms with Crippen molar-refractivity contribution in [1.82, 2.24) is 4.90 Å². The summed E-state index contributed by atoms with van der Waals surface area (Å²) in [6, 6.07) is 14.5. The Morgan fingerprint density at radius 2 is 1.74 bits per heavy atom. The van der Waals surface area contributed by atoms with Crippen molar-refractivity contribution < 1.29 is 24.5 Å². The van der Waals surface area contributed by atoms with E-state index in [1.807, 2.05) is 30.3 Å². The van der Waals surface area contributed by atoms with Crippen LogP contribution in [-0.2, 0) is 22.6 Å². The molecule has 6 nitrogen and oxygen atoms in total. The number of carboxylic acids is 1. The molecule has 0 unspecified atom stereocenters. The Morgan fingerprint density at radius 3 is 2.37 bits per heavy atom. The Balaban J connectivity index is 1.77. The Hall–Kier alpha value is -2.86. The second-order valence-electron chi connectivity index (χ2n) is 6.74. The number of amides is 1. The molecule has 2 aromatic rings. The number of para-hydroxylation sites is 1. The number of benzene rings is 2. The molecule has 27 heavy (non-hydrogen) atoms. The first-order valence-electron chi connectivity index (χ1n) is 8.85. The molecule has 1 fully saturated rings. The van der Waals surface area contributed by atoms with E-state index >= 15 is 0 Å². The number of aliphatic hydroxyl groups is 1. The zero-order valence-electron chi connectivity index (χ0n) is 15.2. The molecule has 2 atom stereocenters. The van der Waals surface area contributed by atoms with Gasteiger partial charge < -0.3 is 19.8 Å². The van der Waals surface area contributed by atoms with Gasteiger partial charge in [-0.1, -0.05) is 42.5 Å². The van der Waals surface area contributed by atoms with Crippen molar-refractivity contribution in [2.24, 2.45) is 5.92 Å². The van der Waals surface area contributed by atoms with Crippen molar-refractivity contribution in [3.8, 4) is 5.75 Å². The summed E-state index contributed by atoms with van der Waals surface area (Å²) in [6.07, 6.45) is 0.205. The number of aliphatic carboxylic acids is 1. The van der Waals surface area contributed by atoms with Gasteiger partial charge in [-0.15, -0.1) is 0 Å². The van der Waals surface area contributed by atoms with Gasteiger partial charge in [-0.05, 0) is 22.8 Å². The summed E-state index contributed by atoms with van der Waals surface area (Å²) >= 11 is 0. The highest BCUT2D eigenvalue weighted by Gasteiger charge is 2.41. The fraction of sp³-hybridized carbons (Fsp3) is 0.333. The molecule has 3 rings (SSSR count). The van der Waals surface area contributed by atoms with Gasteiger partial charge in [0, 0.05) is 19.0 Å². The number of rotatable bonds is 6. The molecule has 142 valence electrons. The van der Waals surface area contributed by atoms with E-state index in [9.17, 15) is 14.7 Å². The number of aliphatic hydroxyl groups excluding tert-OH is 1. The predicted molar refractivity (Wildman–Crippen MR) is 99.5 cm³/mol. The molecule has 2 aromatic carbocycles. The molecule has 1 saturated heterocycles. The van der Waals surface area contributed by atoms with Crippen LogP contribution in [0.25, 0.3) is 0 Å². The van der Waals surface area contributed by atoms with Crippen LogP contribution in [0, 0.1) is 5.92 Å². The standard InChI is InChI=1S/C21H23NO5/c1-27-19-5-3-2-4-16(19)17-11-22(12-18(17)21(25)26)20(24)10-14-6-8-15(13-23)9-7-14/h2-9,17-18,23H,10-13H2,1H3,(H,25,26)/t17-,18+/m0/s1. The number of hydrogen-bond acceptors (Lipinski definition) is 4. The lowest BCUT2D eigenvalue weighted by Gasteiger charge is -2.18. The van der Waals surface area contributed by atoms with Gasteiger partial charge in [0.1, 0.15) is 5.75 Å². The highest BCUT2D eigenvalue weighted by molar-refractivity contribution is 5.81. The van der Waals surface area contributed by atoms with E-state index in [4.69, 9.17) is 9.84 Å². The molecular weight excluding hydrogens is 346 g/mol. The molecule has 0 saturated carbocycles. The second-order valence-corrected chi connectivity index (χ2v) is 6.74. The first-order chi connectivity index (χ1) is 13.0. The number of likely N-dealkylation sites (tertiary alicyclic amines) is 1. The van der Waals surface area contributed by atoms with Crippen LogP contribution in [0.15, 0.2) is 48.5 Å². The Bertz CT molecular complexity index is 818. The smallest absolute Gasteiger partial charge is 0.308 e. The lowest BCUT2D eigenvalue weighted by atomic mass is 9.88. The van der Waals surface area contributed by atoms with Crippen molar-refractivity contribution in [3.63, 3.8) is 0 Å². The van der Waals surface area contributed by atoms with E-state index in [1.165, 1.54) is 0 Å². The largest absolute Gasteiger partial charge is 0.496 e. The molecule has 2 N–H and O–H groups in total. The summed E-state index contributed by atoms with van der Waals surface area (Å²) < 4.78 is 5.38. The van der Waals surface area contributed by atoms with Crippen LogP contribution in [0.5, 0.6) is 5.75 Å². The number of methoxy groups -OCH3 is 1.